The van der Waals surface area contributed by atoms with Crippen molar-refractivity contribution in [2.45, 2.75) is 57.1 Å². The van der Waals surface area contributed by atoms with Gasteiger partial charge >= 0.3 is 0 Å². The van der Waals surface area contributed by atoms with Gasteiger partial charge < -0.3 is 10.2 Å². The molecule has 0 aliphatic rings. The summed E-state index contributed by atoms with van der Waals surface area (Å²) in [6, 6.07) is 28.5. The average Bonchev–Trinajstić information content (AvgIpc) is 3.03. The fourth-order valence-corrected chi connectivity index (χ4v) is 6.48. The largest absolute Gasteiger partial charge is 0.352 e. The maximum absolute atomic E-state index is 14.5. The molecule has 0 unspecified atom stereocenters. The Labute approximate surface area is 275 Å². The predicted octanol–water partition coefficient (Wildman–Crippen LogP) is 7.05. The smallest absolute Gasteiger partial charge is 0.264 e. The number of rotatable bonds is 13. The molecule has 1 N–H and O–H groups in total. The first-order valence-electron chi connectivity index (χ1n) is 14.7. The van der Waals surface area contributed by atoms with Crippen LogP contribution in [0.3, 0.4) is 0 Å². The number of aryl methyl sites for hydroxylation is 1. The van der Waals surface area contributed by atoms with Crippen molar-refractivity contribution >= 4 is 50.7 Å². The Bertz CT molecular complexity index is 1700. The lowest BCUT2D eigenvalue weighted by Crippen LogP contribution is -2.54. The molecule has 4 aromatic rings. The molecule has 0 fully saturated rings. The van der Waals surface area contributed by atoms with Gasteiger partial charge in [-0.3, -0.25) is 13.9 Å². The van der Waals surface area contributed by atoms with Crippen molar-refractivity contribution in [1.29, 1.82) is 0 Å². The minimum Gasteiger partial charge on any atom is -0.352 e. The van der Waals surface area contributed by atoms with Gasteiger partial charge in [0.2, 0.25) is 11.8 Å². The molecule has 236 valence electrons. The van der Waals surface area contributed by atoms with Crippen LogP contribution in [-0.2, 0) is 32.6 Å². The monoisotopic (exact) mass is 665 g/mol. The van der Waals surface area contributed by atoms with E-state index in [2.05, 4.69) is 5.32 Å². The van der Waals surface area contributed by atoms with Crippen molar-refractivity contribution in [2.75, 3.05) is 10.8 Å². The Morgan fingerprint density at radius 1 is 0.822 bits per heavy atom. The standard InChI is InChI=1S/C35H37Cl2N3O4S/c1-4-26(3)38-35(42)33(21-27-11-7-5-8-12-27)39(23-28-13-9-6-10-14-28)34(41)24-40(29-17-20-31(36)32(37)22-29)45(43,44)30-18-15-25(2)16-19-30/h5-20,22,26,33H,4,21,23-24H2,1-3H3,(H,38,42)/t26-,33+/m1/s1. The fraction of sp³-hybridized carbons (Fsp3) is 0.257. The van der Waals surface area contributed by atoms with Gasteiger partial charge in [0, 0.05) is 19.0 Å². The van der Waals surface area contributed by atoms with Crippen LogP contribution >= 0.6 is 23.2 Å². The summed E-state index contributed by atoms with van der Waals surface area (Å²) in [6.45, 7) is 5.24. The Balaban J connectivity index is 1.81. The van der Waals surface area contributed by atoms with Crippen LogP contribution in [0.4, 0.5) is 5.69 Å². The second kappa shape index (κ2) is 15.4. The van der Waals surface area contributed by atoms with Crippen LogP contribution in [0.1, 0.15) is 37.0 Å². The number of amides is 2. The first kappa shape index (κ1) is 34.0. The molecule has 2 amide bonds. The maximum Gasteiger partial charge on any atom is 0.264 e. The third kappa shape index (κ3) is 8.87. The van der Waals surface area contributed by atoms with Gasteiger partial charge in [0.05, 0.1) is 20.6 Å². The molecular formula is C35H37Cl2N3O4S. The first-order chi connectivity index (χ1) is 21.5. The summed E-state index contributed by atoms with van der Waals surface area (Å²) >= 11 is 12.5. The zero-order valence-corrected chi connectivity index (χ0v) is 27.8. The van der Waals surface area contributed by atoms with Crippen molar-refractivity contribution in [3.63, 3.8) is 0 Å². The minimum atomic E-state index is -4.25. The number of carbonyl (C=O) groups is 2. The van der Waals surface area contributed by atoms with Gasteiger partial charge in [-0.05, 0) is 61.7 Å². The van der Waals surface area contributed by atoms with Gasteiger partial charge in [-0.1, -0.05) is 108 Å². The lowest BCUT2D eigenvalue weighted by molar-refractivity contribution is -0.140. The van der Waals surface area contributed by atoms with E-state index in [0.29, 0.717) is 6.42 Å². The Hall–Kier alpha value is -3.85. The molecule has 45 heavy (non-hydrogen) atoms. The molecular weight excluding hydrogens is 629 g/mol. The summed E-state index contributed by atoms with van der Waals surface area (Å²) in [5.41, 5.74) is 2.71. The summed E-state index contributed by atoms with van der Waals surface area (Å²) in [5.74, 6) is -0.874. The van der Waals surface area contributed by atoms with E-state index < -0.39 is 28.5 Å². The lowest BCUT2D eigenvalue weighted by Gasteiger charge is -2.34. The van der Waals surface area contributed by atoms with Crippen molar-refractivity contribution < 1.29 is 18.0 Å². The molecule has 10 heteroatoms. The summed E-state index contributed by atoms with van der Waals surface area (Å²) in [4.78, 5) is 29.8. The topological polar surface area (TPSA) is 86.8 Å². The van der Waals surface area contributed by atoms with E-state index in [-0.39, 0.29) is 45.5 Å². The molecule has 0 saturated carbocycles. The Morgan fingerprint density at radius 2 is 1.42 bits per heavy atom. The second-order valence-electron chi connectivity index (χ2n) is 11.0. The van der Waals surface area contributed by atoms with Crippen molar-refractivity contribution in [3.05, 3.63) is 130 Å². The third-order valence-electron chi connectivity index (χ3n) is 7.55. The van der Waals surface area contributed by atoms with Crippen molar-refractivity contribution in [1.82, 2.24) is 10.2 Å². The highest BCUT2D eigenvalue weighted by atomic mass is 35.5. The molecule has 0 heterocycles. The average molecular weight is 667 g/mol. The number of benzene rings is 4. The number of hydrogen-bond donors (Lipinski definition) is 1. The fourth-order valence-electron chi connectivity index (χ4n) is 4.78. The predicted molar refractivity (Wildman–Crippen MR) is 181 cm³/mol. The molecule has 2 atom stereocenters. The molecule has 0 aliphatic heterocycles. The van der Waals surface area contributed by atoms with E-state index in [4.69, 9.17) is 23.2 Å². The molecule has 0 aromatic heterocycles. The van der Waals surface area contributed by atoms with E-state index in [1.165, 1.54) is 35.2 Å². The summed E-state index contributed by atoms with van der Waals surface area (Å²) in [7, 11) is -4.25. The van der Waals surface area contributed by atoms with E-state index in [9.17, 15) is 18.0 Å². The van der Waals surface area contributed by atoms with Gasteiger partial charge in [0.1, 0.15) is 12.6 Å². The van der Waals surface area contributed by atoms with Crippen LogP contribution in [-0.4, -0.2) is 43.8 Å². The number of anilines is 1. The van der Waals surface area contributed by atoms with Crippen LogP contribution in [0.5, 0.6) is 0 Å². The van der Waals surface area contributed by atoms with E-state index in [1.807, 2.05) is 81.4 Å². The maximum atomic E-state index is 14.5. The van der Waals surface area contributed by atoms with Crippen LogP contribution in [0.15, 0.2) is 108 Å². The van der Waals surface area contributed by atoms with Crippen molar-refractivity contribution in [2.24, 2.45) is 0 Å². The summed E-state index contributed by atoms with van der Waals surface area (Å²) in [5, 5.41) is 3.42. The Kier molecular flexibility index (Phi) is 11.7. The number of carbonyl (C=O) groups excluding carboxylic acids is 2. The van der Waals surface area contributed by atoms with Gasteiger partial charge in [-0.25, -0.2) is 8.42 Å². The molecule has 7 nitrogen and oxygen atoms in total. The zero-order valence-electron chi connectivity index (χ0n) is 25.5. The highest BCUT2D eigenvalue weighted by Crippen LogP contribution is 2.31. The highest BCUT2D eigenvalue weighted by molar-refractivity contribution is 7.92. The third-order valence-corrected chi connectivity index (χ3v) is 10.1. The number of hydrogen-bond acceptors (Lipinski definition) is 4. The van der Waals surface area contributed by atoms with E-state index in [1.54, 1.807) is 12.1 Å². The molecule has 4 aromatic carbocycles. The number of halogens is 2. The van der Waals surface area contributed by atoms with E-state index >= 15 is 0 Å². The second-order valence-corrected chi connectivity index (χ2v) is 13.6. The van der Waals surface area contributed by atoms with Crippen LogP contribution in [0, 0.1) is 6.92 Å². The summed E-state index contributed by atoms with van der Waals surface area (Å²) in [6.07, 6.45) is 0.940. The molecule has 0 radical (unpaired) electrons. The van der Waals surface area contributed by atoms with Crippen LogP contribution in [0.2, 0.25) is 10.0 Å². The molecule has 4 rings (SSSR count). The quantitative estimate of drug-likeness (QED) is 0.166. The zero-order chi connectivity index (χ0) is 32.6. The van der Waals surface area contributed by atoms with Gasteiger partial charge in [-0.2, -0.15) is 0 Å². The van der Waals surface area contributed by atoms with E-state index in [0.717, 1.165) is 21.0 Å². The van der Waals surface area contributed by atoms with Gasteiger partial charge in [-0.15, -0.1) is 0 Å². The molecule has 0 bridgehead atoms. The molecule has 0 aliphatic carbocycles. The Morgan fingerprint density at radius 3 is 2.00 bits per heavy atom. The normalized spacial score (nSPS) is 12.6. The van der Waals surface area contributed by atoms with Gasteiger partial charge in [0.25, 0.3) is 10.0 Å². The number of nitrogens with zero attached hydrogens (tertiary/aromatic N) is 2. The molecule has 0 saturated heterocycles. The summed E-state index contributed by atoms with van der Waals surface area (Å²) < 4.78 is 29.3. The van der Waals surface area contributed by atoms with Crippen LogP contribution in [0.25, 0.3) is 0 Å². The van der Waals surface area contributed by atoms with Crippen LogP contribution < -0.4 is 9.62 Å². The number of nitrogens with one attached hydrogen (secondary N) is 1. The van der Waals surface area contributed by atoms with Crippen molar-refractivity contribution in [3.8, 4) is 0 Å². The first-order valence-corrected chi connectivity index (χ1v) is 16.9. The lowest BCUT2D eigenvalue weighted by atomic mass is 10.0. The SMILES string of the molecule is CC[C@@H](C)NC(=O)[C@H](Cc1ccccc1)N(Cc1ccccc1)C(=O)CN(c1ccc(Cl)c(Cl)c1)S(=O)(=O)c1ccc(C)cc1. The minimum absolute atomic E-state index is 0.0110. The highest BCUT2D eigenvalue weighted by Gasteiger charge is 2.35. The van der Waals surface area contributed by atoms with Gasteiger partial charge in [0.15, 0.2) is 0 Å². The molecule has 0 spiro atoms. The number of sulfonamides is 1.